The number of hydrogen-bond acceptors (Lipinski definition) is 2. The third kappa shape index (κ3) is 2.43. The van der Waals surface area contributed by atoms with Gasteiger partial charge in [-0.25, -0.2) is 0 Å². The molecule has 1 N–H and O–H groups in total. The van der Waals surface area contributed by atoms with E-state index in [0.717, 1.165) is 19.6 Å². The molecule has 0 aromatic heterocycles. The summed E-state index contributed by atoms with van der Waals surface area (Å²) in [6, 6.07) is 5.45. The zero-order chi connectivity index (χ0) is 14.7. The maximum atomic E-state index is 5.76. The number of rotatable bonds is 1. The van der Waals surface area contributed by atoms with E-state index < -0.39 is 0 Å². The predicted molar refractivity (Wildman–Crippen MR) is 85.5 cm³/mol. The molecule has 1 aromatic carbocycles. The minimum Gasteiger partial charge on any atom is -0.376 e. The van der Waals surface area contributed by atoms with Gasteiger partial charge in [0, 0.05) is 12.6 Å². The summed E-state index contributed by atoms with van der Waals surface area (Å²) in [7, 11) is 0. The van der Waals surface area contributed by atoms with Crippen LogP contribution in [0.2, 0.25) is 0 Å². The van der Waals surface area contributed by atoms with Gasteiger partial charge in [0.1, 0.15) is 0 Å². The maximum Gasteiger partial charge on any atom is 0.0722 e. The van der Waals surface area contributed by atoms with Gasteiger partial charge >= 0.3 is 0 Å². The minimum atomic E-state index is 0.220. The van der Waals surface area contributed by atoms with Gasteiger partial charge < -0.3 is 10.1 Å². The largest absolute Gasteiger partial charge is 0.376 e. The summed E-state index contributed by atoms with van der Waals surface area (Å²) in [5.41, 5.74) is 6.88. The van der Waals surface area contributed by atoms with Crippen molar-refractivity contribution in [2.75, 3.05) is 13.2 Å². The first kappa shape index (κ1) is 13.8. The molecule has 21 heavy (non-hydrogen) atoms. The van der Waals surface area contributed by atoms with E-state index in [1.807, 2.05) is 0 Å². The van der Waals surface area contributed by atoms with Gasteiger partial charge in [0.15, 0.2) is 0 Å². The summed E-state index contributed by atoms with van der Waals surface area (Å²) in [5.74, 6) is 0. The van der Waals surface area contributed by atoms with E-state index in [9.17, 15) is 0 Å². The Balaban J connectivity index is 1.76. The van der Waals surface area contributed by atoms with Crippen LogP contribution in [-0.2, 0) is 23.2 Å². The molecule has 114 valence electrons. The topological polar surface area (TPSA) is 21.3 Å². The average molecular weight is 285 g/mol. The molecule has 0 bridgehead atoms. The lowest BCUT2D eigenvalue weighted by molar-refractivity contribution is 0.109. The first-order valence-corrected chi connectivity index (χ1v) is 8.44. The SMILES string of the molecule is CC(C)(C)c1cc2c(c([C@@H]3CC4(CC4)CN3)c1)COCC2. The monoisotopic (exact) mass is 285 g/mol. The second-order valence-electron chi connectivity index (χ2n) is 8.39. The Morgan fingerprint density at radius 1 is 1.24 bits per heavy atom. The van der Waals surface area contributed by atoms with Crippen LogP contribution in [0.1, 0.15) is 68.3 Å². The Bertz CT molecular complexity index is 566. The number of ether oxygens (including phenoxy) is 1. The van der Waals surface area contributed by atoms with Crippen LogP contribution in [0, 0.1) is 5.41 Å². The summed E-state index contributed by atoms with van der Waals surface area (Å²) >= 11 is 0. The summed E-state index contributed by atoms with van der Waals surface area (Å²) in [6.07, 6.45) is 5.25. The Kier molecular flexibility index (Phi) is 3.00. The first-order valence-electron chi connectivity index (χ1n) is 8.44. The molecule has 4 rings (SSSR count). The molecule has 3 aliphatic rings. The van der Waals surface area contributed by atoms with E-state index in [4.69, 9.17) is 4.74 Å². The molecule has 1 spiro atoms. The lowest BCUT2D eigenvalue weighted by Crippen LogP contribution is -2.22. The van der Waals surface area contributed by atoms with E-state index in [1.54, 1.807) is 0 Å². The van der Waals surface area contributed by atoms with Crippen LogP contribution in [0.5, 0.6) is 0 Å². The number of hydrogen-bond donors (Lipinski definition) is 1. The van der Waals surface area contributed by atoms with Crippen LogP contribution in [0.25, 0.3) is 0 Å². The molecule has 1 saturated carbocycles. The molecule has 2 nitrogen and oxygen atoms in total. The van der Waals surface area contributed by atoms with Crippen LogP contribution in [-0.4, -0.2) is 13.2 Å². The van der Waals surface area contributed by atoms with E-state index in [0.29, 0.717) is 11.5 Å². The molecule has 1 aliphatic carbocycles. The van der Waals surface area contributed by atoms with Gasteiger partial charge in [-0.15, -0.1) is 0 Å². The lowest BCUT2D eigenvalue weighted by atomic mass is 9.80. The zero-order valence-corrected chi connectivity index (χ0v) is 13.6. The van der Waals surface area contributed by atoms with Gasteiger partial charge in [-0.1, -0.05) is 32.9 Å². The fraction of sp³-hybridized carbons (Fsp3) is 0.684. The van der Waals surface area contributed by atoms with Crippen molar-refractivity contribution < 1.29 is 4.74 Å². The van der Waals surface area contributed by atoms with Gasteiger partial charge in [0.05, 0.1) is 13.2 Å². The van der Waals surface area contributed by atoms with Crippen LogP contribution >= 0.6 is 0 Å². The van der Waals surface area contributed by atoms with Crippen molar-refractivity contribution in [3.63, 3.8) is 0 Å². The highest BCUT2D eigenvalue weighted by Gasteiger charge is 2.48. The highest BCUT2D eigenvalue weighted by Crippen LogP contribution is 2.55. The Morgan fingerprint density at radius 2 is 2.05 bits per heavy atom. The molecule has 0 unspecified atom stereocenters. The van der Waals surface area contributed by atoms with Crippen LogP contribution in [0.15, 0.2) is 12.1 Å². The maximum absolute atomic E-state index is 5.76. The first-order chi connectivity index (χ1) is 9.97. The van der Waals surface area contributed by atoms with E-state index in [-0.39, 0.29) is 5.41 Å². The van der Waals surface area contributed by atoms with Gasteiger partial charge in [0.2, 0.25) is 0 Å². The van der Waals surface area contributed by atoms with E-state index >= 15 is 0 Å². The summed E-state index contributed by atoms with van der Waals surface area (Å²) < 4.78 is 5.76. The van der Waals surface area contributed by atoms with E-state index in [2.05, 4.69) is 38.2 Å². The number of benzene rings is 1. The second-order valence-corrected chi connectivity index (χ2v) is 8.39. The summed E-state index contributed by atoms with van der Waals surface area (Å²) in [6.45, 7) is 9.86. The third-order valence-electron chi connectivity index (χ3n) is 5.70. The normalized spacial score (nSPS) is 26.9. The molecule has 0 amide bonds. The highest BCUT2D eigenvalue weighted by molar-refractivity contribution is 5.44. The quantitative estimate of drug-likeness (QED) is 0.845. The molecule has 0 radical (unpaired) electrons. The molecule has 2 fully saturated rings. The van der Waals surface area contributed by atoms with Crippen molar-refractivity contribution in [1.29, 1.82) is 0 Å². The number of fused-ring (bicyclic) bond motifs is 1. The van der Waals surface area contributed by atoms with Crippen molar-refractivity contribution in [3.8, 4) is 0 Å². The molecule has 2 aliphatic heterocycles. The molecule has 1 atom stereocenters. The third-order valence-corrected chi connectivity index (χ3v) is 5.70. The van der Waals surface area contributed by atoms with Crippen LogP contribution in [0.3, 0.4) is 0 Å². The van der Waals surface area contributed by atoms with Gasteiger partial charge in [-0.3, -0.25) is 0 Å². The predicted octanol–water partition coefficient (Wildman–Crippen LogP) is 3.87. The smallest absolute Gasteiger partial charge is 0.0722 e. The molecular formula is C19H27NO. The van der Waals surface area contributed by atoms with Crippen molar-refractivity contribution in [1.82, 2.24) is 5.32 Å². The molecule has 2 heterocycles. The van der Waals surface area contributed by atoms with Crippen LogP contribution in [0.4, 0.5) is 0 Å². The van der Waals surface area contributed by atoms with Crippen molar-refractivity contribution >= 4 is 0 Å². The number of nitrogens with one attached hydrogen (secondary N) is 1. The van der Waals surface area contributed by atoms with Crippen molar-refractivity contribution in [2.45, 2.75) is 64.5 Å². The van der Waals surface area contributed by atoms with Gasteiger partial charge in [0.25, 0.3) is 0 Å². The fourth-order valence-electron chi connectivity index (χ4n) is 3.95. The van der Waals surface area contributed by atoms with E-state index in [1.165, 1.54) is 48.1 Å². The summed E-state index contributed by atoms with van der Waals surface area (Å²) in [4.78, 5) is 0. The zero-order valence-electron chi connectivity index (χ0n) is 13.6. The Labute approximate surface area is 128 Å². The van der Waals surface area contributed by atoms with Gasteiger partial charge in [-0.05, 0) is 58.8 Å². The second kappa shape index (κ2) is 4.57. The minimum absolute atomic E-state index is 0.220. The Hall–Kier alpha value is -0.860. The van der Waals surface area contributed by atoms with Gasteiger partial charge in [-0.2, -0.15) is 0 Å². The standard InChI is InChI=1S/C19H27NO/c1-18(2,3)14-8-13-4-7-21-11-16(13)15(9-14)17-10-19(5-6-19)12-20-17/h8-9,17,20H,4-7,10-12H2,1-3H3/t17-/m0/s1. The molecule has 1 saturated heterocycles. The van der Waals surface area contributed by atoms with Crippen molar-refractivity contribution in [2.24, 2.45) is 5.41 Å². The highest BCUT2D eigenvalue weighted by atomic mass is 16.5. The van der Waals surface area contributed by atoms with Crippen molar-refractivity contribution in [3.05, 3.63) is 34.4 Å². The van der Waals surface area contributed by atoms with Crippen LogP contribution < -0.4 is 5.32 Å². The fourth-order valence-corrected chi connectivity index (χ4v) is 3.95. The Morgan fingerprint density at radius 3 is 2.71 bits per heavy atom. The molecule has 2 heteroatoms. The molecular weight excluding hydrogens is 258 g/mol. The lowest BCUT2D eigenvalue weighted by Gasteiger charge is -2.28. The summed E-state index contributed by atoms with van der Waals surface area (Å²) in [5, 5.41) is 3.80. The average Bonchev–Trinajstić information content (AvgIpc) is 3.07. The molecule has 1 aromatic rings.